The maximum atomic E-state index is 5.52. The number of aryl methyl sites for hydroxylation is 1. The van der Waals surface area contributed by atoms with Crippen molar-refractivity contribution in [2.24, 2.45) is 11.5 Å². The van der Waals surface area contributed by atoms with Crippen LogP contribution in [-0.2, 0) is 12.8 Å². The second-order valence-electron chi connectivity index (χ2n) is 7.30. The van der Waals surface area contributed by atoms with Crippen LogP contribution in [0.15, 0.2) is 90.8 Å². The Hall–Kier alpha value is -3.24. The summed E-state index contributed by atoms with van der Waals surface area (Å²) in [5.74, 6) is 0. The van der Waals surface area contributed by atoms with Crippen LogP contribution < -0.4 is 22.5 Å². The highest BCUT2D eigenvalue weighted by molar-refractivity contribution is 5.45. The predicted octanol–water partition coefficient (Wildman–Crippen LogP) is 4.77. The normalized spacial score (nSPS) is 10.4. The maximum Gasteiger partial charge on any atom is 0.0343 e. The second kappa shape index (κ2) is 15.6. The number of para-hydroxylation sites is 1. The predicted molar refractivity (Wildman–Crippen MR) is 136 cm³/mol. The summed E-state index contributed by atoms with van der Waals surface area (Å²) in [7, 11) is 0. The number of nitrogens with two attached hydrogens (primary N) is 3. The van der Waals surface area contributed by atoms with E-state index in [0.717, 1.165) is 37.2 Å². The summed E-state index contributed by atoms with van der Waals surface area (Å²) in [6, 6.07) is 27.2. The number of benzene rings is 3. The first-order valence-corrected chi connectivity index (χ1v) is 10.7. The zero-order valence-electron chi connectivity index (χ0n) is 19.1. The summed E-state index contributed by atoms with van der Waals surface area (Å²) in [6.45, 7) is 7.98. The van der Waals surface area contributed by atoms with E-state index in [1.807, 2.05) is 31.2 Å². The van der Waals surface area contributed by atoms with Crippen molar-refractivity contribution in [1.82, 2.24) is 5.32 Å². The second-order valence-corrected chi connectivity index (χ2v) is 7.30. The van der Waals surface area contributed by atoms with Gasteiger partial charge >= 0.3 is 0 Å². The first-order valence-electron chi connectivity index (χ1n) is 10.7. The van der Waals surface area contributed by atoms with Crippen LogP contribution in [0.1, 0.15) is 36.1 Å². The molecule has 0 atom stereocenters. The van der Waals surface area contributed by atoms with Crippen LogP contribution in [0.25, 0.3) is 0 Å². The lowest BCUT2D eigenvalue weighted by Crippen LogP contribution is -2.16. The van der Waals surface area contributed by atoms with E-state index < -0.39 is 0 Å². The average Bonchev–Trinajstić information content (AvgIpc) is 2.79. The Bertz CT molecular complexity index is 864. The Morgan fingerprint density at radius 1 is 0.871 bits per heavy atom. The Morgan fingerprint density at radius 2 is 1.42 bits per heavy atom. The molecular formula is C27H38N4. The van der Waals surface area contributed by atoms with Crippen molar-refractivity contribution in [3.8, 4) is 0 Å². The van der Waals surface area contributed by atoms with Crippen molar-refractivity contribution < 1.29 is 0 Å². The molecule has 0 saturated carbocycles. The van der Waals surface area contributed by atoms with Crippen LogP contribution in [0.5, 0.6) is 0 Å². The third-order valence-corrected chi connectivity index (χ3v) is 4.63. The fourth-order valence-electron chi connectivity index (χ4n) is 2.78. The molecule has 166 valence electrons. The molecule has 0 saturated heterocycles. The summed E-state index contributed by atoms with van der Waals surface area (Å²) >= 11 is 0. The maximum absolute atomic E-state index is 5.52. The molecule has 3 rings (SSSR count). The third-order valence-electron chi connectivity index (χ3n) is 4.63. The minimum Gasteiger partial charge on any atom is -0.403 e. The van der Waals surface area contributed by atoms with Gasteiger partial charge in [-0.3, -0.25) is 0 Å². The Kier molecular flexibility index (Phi) is 13.0. The van der Waals surface area contributed by atoms with Gasteiger partial charge in [-0.05, 0) is 68.1 Å². The van der Waals surface area contributed by atoms with Crippen LogP contribution in [0.4, 0.5) is 5.69 Å². The number of hydrogen-bond acceptors (Lipinski definition) is 4. The topological polar surface area (TPSA) is 90.1 Å². The summed E-state index contributed by atoms with van der Waals surface area (Å²) in [5, 5.41) is 3.39. The number of hydrogen-bond donors (Lipinski definition) is 4. The number of nitrogen functional groups attached to an aromatic ring is 1. The number of anilines is 1. The van der Waals surface area contributed by atoms with Crippen LogP contribution in [0.2, 0.25) is 0 Å². The summed E-state index contributed by atoms with van der Waals surface area (Å²) in [6.07, 6.45) is 3.50. The van der Waals surface area contributed by atoms with E-state index in [2.05, 4.69) is 66.8 Å². The molecule has 0 fully saturated rings. The minimum absolute atomic E-state index is 0.657. The van der Waals surface area contributed by atoms with E-state index in [0.29, 0.717) is 5.70 Å². The monoisotopic (exact) mass is 418 g/mol. The van der Waals surface area contributed by atoms with Crippen LogP contribution in [0, 0.1) is 6.92 Å². The molecule has 31 heavy (non-hydrogen) atoms. The SMILES string of the molecule is C/C(N)=C/N.CCNCCc1ccccc1Cc1ccccc1.Cc1ccccc1N. The van der Waals surface area contributed by atoms with E-state index >= 15 is 0 Å². The zero-order valence-corrected chi connectivity index (χ0v) is 19.1. The molecular weight excluding hydrogens is 380 g/mol. The Balaban J connectivity index is 0.000000304. The molecule has 7 N–H and O–H groups in total. The molecule has 0 aliphatic carbocycles. The van der Waals surface area contributed by atoms with Gasteiger partial charge in [-0.2, -0.15) is 0 Å². The zero-order chi connectivity index (χ0) is 22.9. The lowest BCUT2D eigenvalue weighted by Gasteiger charge is -2.10. The first-order chi connectivity index (χ1) is 15.0. The lowest BCUT2D eigenvalue weighted by molar-refractivity contribution is 0.714. The fraction of sp³-hybridized carbons (Fsp3) is 0.259. The molecule has 4 nitrogen and oxygen atoms in total. The van der Waals surface area contributed by atoms with Gasteiger partial charge in [0.05, 0.1) is 0 Å². The molecule has 0 radical (unpaired) electrons. The van der Waals surface area contributed by atoms with E-state index in [1.165, 1.54) is 22.9 Å². The van der Waals surface area contributed by atoms with Gasteiger partial charge in [0.1, 0.15) is 0 Å². The minimum atomic E-state index is 0.657. The van der Waals surface area contributed by atoms with Gasteiger partial charge in [-0.1, -0.05) is 79.7 Å². The molecule has 0 heterocycles. The van der Waals surface area contributed by atoms with Gasteiger partial charge in [0.25, 0.3) is 0 Å². The summed E-state index contributed by atoms with van der Waals surface area (Å²) in [4.78, 5) is 0. The highest BCUT2D eigenvalue weighted by Crippen LogP contribution is 2.14. The molecule has 3 aromatic carbocycles. The van der Waals surface area contributed by atoms with Crippen molar-refractivity contribution in [3.63, 3.8) is 0 Å². The smallest absolute Gasteiger partial charge is 0.0343 e. The number of nitrogens with one attached hydrogen (secondary N) is 1. The largest absolute Gasteiger partial charge is 0.403 e. The third kappa shape index (κ3) is 11.5. The van der Waals surface area contributed by atoms with Crippen molar-refractivity contribution >= 4 is 5.69 Å². The first kappa shape index (κ1) is 25.8. The molecule has 4 heteroatoms. The van der Waals surface area contributed by atoms with Gasteiger partial charge in [0, 0.05) is 17.6 Å². The van der Waals surface area contributed by atoms with Gasteiger partial charge in [0.2, 0.25) is 0 Å². The Morgan fingerprint density at radius 3 is 1.94 bits per heavy atom. The van der Waals surface area contributed by atoms with Crippen molar-refractivity contribution in [2.45, 2.75) is 33.6 Å². The molecule has 0 aromatic heterocycles. The number of allylic oxidation sites excluding steroid dienone is 1. The lowest BCUT2D eigenvalue weighted by atomic mass is 9.98. The van der Waals surface area contributed by atoms with E-state index in [-0.39, 0.29) is 0 Å². The van der Waals surface area contributed by atoms with Gasteiger partial charge in [-0.15, -0.1) is 0 Å². The van der Waals surface area contributed by atoms with Gasteiger partial charge < -0.3 is 22.5 Å². The van der Waals surface area contributed by atoms with E-state index in [1.54, 1.807) is 6.92 Å². The number of rotatable bonds is 6. The van der Waals surface area contributed by atoms with Gasteiger partial charge in [0.15, 0.2) is 0 Å². The molecule has 3 aromatic rings. The molecule has 0 spiro atoms. The summed E-state index contributed by atoms with van der Waals surface area (Å²) < 4.78 is 0. The van der Waals surface area contributed by atoms with Crippen LogP contribution in [-0.4, -0.2) is 13.1 Å². The summed E-state index contributed by atoms with van der Waals surface area (Å²) in [5.41, 5.74) is 22.4. The quantitative estimate of drug-likeness (QED) is 0.343. The molecule has 0 amide bonds. The molecule has 0 aliphatic heterocycles. The van der Waals surface area contributed by atoms with Crippen molar-refractivity contribution in [2.75, 3.05) is 18.8 Å². The van der Waals surface area contributed by atoms with Crippen molar-refractivity contribution in [1.29, 1.82) is 0 Å². The standard InChI is InChI=1S/C17H21N.C7H9N.C3H8N2/c1-2-18-13-12-16-10-6-7-11-17(16)14-15-8-4-3-5-9-15;1-6-4-2-3-5-7(6)8;1-3(5)2-4/h3-11,18H,2,12-14H2,1H3;2-5H,8H2,1H3;2H,4-5H2,1H3/b;;3-2-. The average molecular weight is 419 g/mol. The van der Waals surface area contributed by atoms with Gasteiger partial charge in [-0.25, -0.2) is 0 Å². The highest BCUT2D eigenvalue weighted by Gasteiger charge is 2.02. The molecule has 0 aliphatic rings. The fourth-order valence-corrected chi connectivity index (χ4v) is 2.78. The highest BCUT2D eigenvalue weighted by atomic mass is 14.8. The van der Waals surface area contributed by atoms with Crippen LogP contribution >= 0.6 is 0 Å². The van der Waals surface area contributed by atoms with E-state index in [4.69, 9.17) is 17.2 Å². The molecule has 0 bridgehead atoms. The number of likely N-dealkylation sites (N-methyl/N-ethyl adjacent to an activating group) is 1. The molecule has 0 unspecified atom stereocenters. The Labute approximate surface area is 188 Å². The van der Waals surface area contributed by atoms with Crippen LogP contribution in [0.3, 0.4) is 0 Å². The van der Waals surface area contributed by atoms with E-state index in [9.17, 15) is 0 Å². The van der Waals surface area contributed by atoms with Crippen molar-refractivity contribution in [3.05, 3.63) is 113 Å².